The molecule has 4 atom stereocenters. The minimum absolute atomic E-state index is 0.0101. The highest BCUT2D eigenvalue weighted by atomic mass is 19.1. The van der Waals surface area contributed by atoms with E-state index >= 15 is 0 Å². The van der Waals surface area contributed by atoms with Crippen molar-refractivity contribution >= 4 is 47.2 Å². The Bertz CT molecular complexity index is 1750. The number of Topliss-reactive ketones (excluding diaryl/α,β-unsaturated/α-hetero) is 1. The van der Waals surface area contributed by atoms with E-state index in [9.17, 15) is 52.2 Å². The average molecular weight is 771 g/mol. The third-order valence-corrected chi connectivity index (χ3v) is 9.14. The summed E-state index contributed by atoms with van der Waals surface area (Å²) in [5, 5.41) is 21.6. The Labute approximate surface area is 316 Å². The summed E-state index contributed by atoms with van der Waals surface area (Å²) in [6.07, 6.45) is 3.57. The normalized spacial score (nSPS) is 15.1. The van der Waals surface area contributed by atoms with Crippen LogP contribution in [0.3, 0.4) is 0 Å². The van der Waals surface area contributed by atoms with Crippen molar-refractivity contribution in [2.45, 2.75) is 96.3 Å². The van der Waals surface area contributed by atoms with Crippen LogP contribution in [0.25, 0.3) is 0 Å². The van der Waals surface area contributed by atoms with Crippen LogP contribution in [0.5, 0.6) is 0 Å². The van der Waals surface area contributed by atoms with E-state index in [1.54, 1.807) is 51.1 Å². The lowest BCUT2D eigenvalue weighted by molar-refractivity contribution is -0.141. The van der Waals surface area contributed by atoms with Gasteiger partial charge in [0.1, 0.15) is 35.3 Å². The molecule has 3 rings (SSSR count). The highest BCUT2D eigenvalue weighted by molar-refractivity contribution is 6.38. The van der Waals surface area contributed by atoms with Crippen molar-refractivity contribution in [1.29, 1.82) is 0 Å². The van der Waals surface area contributed by atoms with Gasteiger partial charge in [0.15, 0.2) is 0 Å². The van der Waals surface area contributed by atoms with Crippen molar-refractivity contribution in [3.05, 3.63) is 70.8 Å². The summed E-state index contributed by atoms with van der Waals surface area (Å²) in [5.74, 6) is -12.2. The first-order valence-electron chi connectivity index (χ1n) is 18.1. The first-order chi connectivity index (χ1) is 26.0. The number of hydrogen-bond donors (Lipinski definition) is 7. The number of carboxylic acids is 1. The average Bonchev–Trinajstić information content (AvgIpc) is 3.15. The summed E-state index contributed by atoms with van der Waals surface area (Å²) in [7, 11) is 0. The Morgan fingerprint density at radius 3 is 1.96 bits per heavy atom. The fourth-order valence-corrected chi connectivity index (χ4v) is 6.44. The molecular weight excluding hydrogens is 722 g/mol. The summed E-state index contributed by atoms with van der Waals surface area (Å²) < 4.78 is 29.2. The van der Waals surface area contributed by atoms with Gasteiger partial charge < -0.3 is 37.4 Å². The van der Waals surface area contributed by atoms with E-state index in [2.05, 4.69) is 26.6 Å². The van der Waals surface area contributed by atoms with E-state index in [-0.39, 0.29) is 18.8 Å². The highest BCUT2D eigenvalue weighted by Gasteiger charge is 2.37. The molecule has 0 spiro atoms. The number of halogens is 2. The lowest BCUT2D eigenvalue weighted by atomic mass is 9.83. The molecule has 0 heterocycles. The van der Waals surface area contributed by atoms with Crippen LogP contribution in [-0.2, 0) is 28.8 Å². The van der Waals surface area contributed by atoms with E-state index in [1.165, 1.54) is 0 Å². The molecule has 298 valence electrons. The molecule has 1 aliphatic carbocycles. The second-order valence-corrected chi connectivity index (χ2v) is 13.8. The van der Waals surface area contributed by atoms with Gasteiger partial charge in [-0.25, -0.2) is 13.6 Å². The van der Waals surface area contributed by atoms with Gasteiger partial charge in [0.25, 0.3) is 11.8 Å². The topological polar surface area (TPSA) is 243 Å². The van der Waals surface area contributed by atoms with Gasteiger partial charge in [-0.15, -0.1) is 0 Å². The van der Waals surface area contributed by atoms with Gasteiger partial charge in [-0.05, 0) is 55.2 Å². The number of aromatic carboxylic acids is 1. The van der Waals surface area contributed by atoms with E-state index < -0.39 is 107 Å². The van der Waals surface area contributed by atoms with E-state index in [1.807, 2.05) is 0 Å². The second kappa shape index (κ2) is 20.6. The number of nitrogens with one attached hydrogen (secondary N) is 5. The molecule has 4 unspecified atom stereocenters. The van der Waals surface area contributed by atoms with E-state index in [0.29, 0.717) is 49.8 Å². The molecule has 0 saturated heterocycles. The largest absolute Gasteiger partial charge is 0.478 e. The van der Waals surface area contributed by atoms with Crippen LogP contribution in [-0.4, -0.2) is 77.0 Å². The lowest BCUT2D eigenvalue weighted by Gasteiger charge is -2.32. The summed E-state index contributed by atoms with van der Waals surface area (Å²) in [5.41, 5.74) is 3.54. The van der Waals surface area contributed by atoms with Crippen molar-refractivity contribution in [2.75, 3.05) is 6.54 Å². The van der Waals surface area contributed by atoms with Gasteiger partial charge >= 0.3 is 5.97 Å². The molecule has 0 bridgehead atoms. The Balaban J connectivity index is 1.76. The summed E-state index contributed by atoms with van der Waals surface area (Å²) >= 11 is 0. The summed E-state index contributed by atoms with van der Waals surface area (Å²) in [6.45, 7) is 4.54. The number of carbonyl (C=O) groups is 8. The molecule has 1 saturated carbocycles. The first-order valence-corrected chi connectivity index (χ1v) is 18.1. The molecule has 2 aromatic carbocycles. The minimum Gasteiger partial charge on any atom is -0.478 e. The molecular formula is C38H48F2N6O9. The standard InChI is InChI=1S/C38H48F2N6O9/c1-4-11-25(32(48)37(53)42-19-27(47)45-30(33(41)49)21-12-7-5-8-13-21)43-34(50)26(18-20(2)3)44-36(52)31(22-14-9-6-10-15-22)46-35(51)28-23(39)16-17-24(40)29(28)38(54)55/h5,7-8,12-13,16-17,20,22,25-26,30-31H,4,6,9-11,14-15,18-19H2,1-3H3,(H2,41,49)(H,42,53)(H,43,50)(H,44,52)(H,45,47)(H,46,51)(H,54,55). The maximum absolute atomic E-state index is 14.8. The minimum atomic E-state index is -1.89. The molecule has 0 aliphatic heterocycles. The zero-order valence-electron chi connectivity index (χ0n) is 30.9. The number of carbonyl (C=O) groups excluding carboxylic acids is 7. The SMILES string of the molecule is CCCC(NC(=O)C(CC(C)C)NC(=O)C(NC(=O)c1c(F)ccc(F)c1C(=O)O)C1CCCCC1)C(=O)C(=O)NCC(=O)NC(C(N)=O)c1ccccc1. The van der Waals surface area contributed by atoms with Crippen LogP contribution in [0.1, 0.15) is 104 Å². The molecule has 1 fully saturated rings. The molecule has 6 amide bonds. The van der Waals surface area contributed by atoms with Crippen molar-refractivity contribution in [3.63, 3.8) is 0 Å². The third kappa shape index (κ3) is 12.4. The number of ketones is 1. The summed E-state index contributed by atoms with van der Waals surface area (Å²) in [6, 6.07) is 4.06. The summed E-state index contributed by atoms with van der Waals surface area (Å²) in [4.78, 5) is 103. The van der Waals surface area contributed by atoms with Crippen LogP contribution in [0.15, 0.2) is 42.5 Å². The molecule has 2 aromatic rings. The number of primary amides is 1. The van der Waals surface area contributed by atoms with Gasteiger partial charge in [0.2, 0.25) is 29.4 Å². The van der Waals surface area contributed by atoms with Crippen LogP contribution in [0, 0.1) is 23.5 Å². The van der Waals surface area contributed by atoms with Crippen molar-refractivity contribution in [1.82, 2.24) is 26.6 Å². The van der Waals surface area contributed by atoms with Gasteiger partial charge in [0, 0.05) is 0 Å². The zero-order chi connectivity index (χ0) is 40.8. The van der Waals surface area contributed by atoms with Gasteiger partial charge in [0.05, 0.1) is 18.2 Å². The van der Waals surface area contributed by atoms with Gasteiger partial charge in [-0.3, -0.25) is 33.6 Å². The van der Waals surface area contributed by atoms with Crippen LogP contribution < -0.4 is 32.3 Å². The Morgan fingerprint density at radius 2 is 1.40 bits per heavy atom. The van der Waals surface area contributed by atoms with Crippen LogP contribution in [0.2, 0.25) is 0 Å². The maximum atomic E-state index is 14.8. The molecule has 15 nitrogen and oxygen atoms in total. The van der Waals surface area contributed by atoms with Crippen molar-refractivity contribution < 1.29 is 52.2 Å². The van der Waals surface area contributed by atoms with E-state index in [0.717, 1.165) is 6.42 Å². The first kappa shape index (κ1) is 43.7. The van der Waals surface area contributed by atoms with E-state index in [4.69, 9.17) is 5.73 Å². The monoisotopic (exact) mass is 770 g/mol. The molecule has 1 aliphatic rings. The maximum Gasteiger partial charge on any atom is 0.339 e. The Hall–Kier alpha value is -5.74. The Morgan fingerprint density at radius 1 is 0.800 bits per heavy atom. The predicted molar refractivity (Wildman–Crippen MR) is 194 cm³/mol. The number of rotatable bonds is 19. The van der Waals surface area contributed by atoms with Gasteiger partial charge in [-0.2, -0.15) is 0 Å². The smallest absolute Gasteiger partial charge is 0.339 e. The lowest BCUT2D eigenvalue weighted by Crippen LogP contribution is -2.58. The molecule has 8 N–H and O–H groups in total. The molecule has 55 heavy (non-hydrogen) atoms. The number of hydrogen-bond acceptors (Lipinski definition) is 8. The second-order valence-electron chi connectivity index (χ2n) is 13.8. The van der Waals surface area contributed by atoms with Gasteiger partial charge in [-0.1, -0.05) is 76.8 Å². The number of amides is 6. The number of nitrogens with two attached hydrogens (primary N) is 1. The quantitative estimate of drug-likeness (QED) is 0.103. The Kier molecular flexibility index (Phi) is 16.4. The van der Waals surface area contributed by atoms with Crippen LogP contribution in [0.4, 0.5) is 8.78 Å². The van der Waals surface area contributed by atoms with Crippen molar-refractivity contribution in [2.24, 2.45) is 17.6 Å². The zero-order valence-corrected chi connectivity index (χ0v) is 30.9. The number of carboxylic acid groups (broad SMARTS) is 1. The number of benzene rings is 2. The third-order valence-electron chi connectivity index (χ3n) is 9.14. The molecule has 17 heteroatoms. The van der Waals surface area contributed by atoms with Crippen LogP contribution >= 0.6 is 0 Å². The fraction of sp³-hybridized carbons (Fsp3) is 0.474. The van der Waals surface area contributed by atoms with Crippen molar-refractivity contribution in [3.8, 4) is 0 Å². The predicted octanol–water partition coefficient (Wildman–Crippen LogP) is 2.19. The highest BCUT2D eigenvalue weighted by Crippen LogP contribution is 2.28. The fourth-order valence-electron chi connectivity index (χ4n) is 6.44. The molecule has 0 aromatic heterocycles. The molecule has 0 radical (unpaired) electrons.